The predicted molar refractivity (Wildman–Crippen MR) is 71.4 cm³/mol. The first kappa shape index (κ1) is 15.8. The van der Waals surface area contributed by atoms with Crippen LogP contribution in [0.3, 0.4) is 0 Å². The summed E-state index contributed by atoms with van der Waals surface area (Å²) in [5.41, 5.74) is 0.516. The van der Waals surface area contributed by atoms with Crippen LogP contribution >= 0.6 is 23.2 Å². The van der Waals surface area contributed by atoms with Crippen molar-refractivity contribution >= 4 is 35.1 Å². The first-order valence-electron chi connectivity index (χ1n) is 5.52. The summed E-state index contributed by atoms with van der Waals surface area (Å²) in [4.78, 5) is 22.0. The Morgan fingerprint density at radius 1 is 1.26 bits per heavy atom. The van der Waals surface area contributed by atoms with Crippen LogP contribution in [0.4, 0.5) is 0 Å². The lowest BCUT2D eigenvalue weighted by Crippen LogP contribution is -2.31. The molecule has 0 aliphatic carbocycles. The van der Waals surface area contributed by atoms with Crippen molar-refractivity contribution in [1.82, 2.24) is 5.32 Å². The summed E-state index contributed by atoms with van der Waals surface area (Å²) in [6.07, 6.45) is -1.54. The minimum absolute atomic E-state index is 0.00166. The Hall–Kier alpha value is -1.30. The average molecular weight is 306 g/mol. The van der Waals surface area contributed by atoms with Crippen LogP contribution in [0.1, 0.15) is 12.0 Å². The second-order valence-electron chi connectivity index (χ2n) is 3.87. The monoisotopic (exact) mass is 305 g/mol. The van der Waals surface area contributed by atoms with Gasteiger partial charge in [-0.1, -0.05) is 29.3 Å². The second-order valence-corrected chi connectivity index (χ2v) is 4.68. The van der Waals surface area contributed by atoms with Gasteiger partial charge in [0.2, 0.25) is 5.91 Å². The Labute approximate surface area is 120 Å². The third kappa shape index (κ3) is 5.06. The molecular formula is C12H13Cl2NO4. The van der Waals surface area contributed by atoms with Crippen LogP contribution in [0.5, 0.6) is 0 Å². The fourth-order valence-electron chi connectivity index (χ4n) is 1.40. The molecule has 0 heterocycles. The molecule has 104 valence electrons. The van der Waals surface area contributed by atoms with Crippen LogP contribution < -0.4 is 5.32 Å². The van der Waals surface area contributed by atoms with Gasteiger partial charge < -0.3 is 15.5 Å². The number of aliphatic carboxylic acids is 1. The van der Waals surface area contributed by atoms with Gasteiger partial charge in [-0.2, -0.15) is 0 Å². The number of benzene rings is 1. The maximum absolute atomic E-state index is 11.6. The summed E-state index contributed by atoms with van der Waals surface area (Å²) in [5.74, 6) is -1.66. The number of aliphatic hydroxyl groups is 1. The van der Waals surface area contributed by atoms with Crippen LogP contribution in [-0.4, -0.2) is 34.7 Å². The number of amides is 1. The van der Waals surface area contributed by atoms with Crippen LogP contribution in [-0.2, 0) is 16.0 Å². The van der Waals surface area contributed by atoms with Gasteiger partial charge in [-0.3, -0.25) is 4.79 Å². The normalized spacial score (nSPS) is 11.9. The molecule has 1 atom stereocenters. The van der Waals surface area contributed by atoms with Gasteiger partial charge in [0.25, 0.3) is 0 Å². The molecule has 0 aliphatic rings. The Balaban J connectivity index is 2.46. The largest absolute Gasteiger partial charge is 0.479 e. The molecule has 1 aromatic carbocycles. The molecule has 1 unspecified atom stereocenters. The quantitative estimate of drug-likeness (QED) is 0.743. The lowest BCUT2D eigenvalue weighted by atomic mass is 10.1. The van der Waals surface area contributed by atoms with Gasteiger partial charge in [-0.05, 0) is 17.7 Å². The van der Waals surface area contributed by atoms with Crippen LogP contribution in [0.2, 0.25) is 10.0 Å². The molecule has 7 heteroatoms. The van der Waals surface area contributed by atoms with E-state index >= 15 is 0 Å². The Kier molecular flexibility index (Phi) is 6.08. The summed E-state index contributed by atoms with van der Waals surface area (Å²) < 4.78 is 0. The highest BCUT2D eigenvalue weighted by Crippen LogP contribution is 2.24. The van der Waals surface area contributed by atoms with E-state index in [2.05, 4.69) is 5.32 Å². The van der Waals surface area contributed by atoms with E-state index in [0.717, 1.165) is 0 Å². The highest BCUT2D eigenvalue weighted by Gasteiger charge is 2.14. The summed E-state index contributed by atoms with van der Waals surface area (Å²) in [5, 5.41) is 20.8. The van der Waals surface area contributed by atoms with E-state index < -0.39 is 12.1 Å². The minimum atomic E-state index is -1.48. The topological polar surface area (TPSA) is 86.6 Å². The number of nitrogens with one attached hydrogen (secondary N) is 1. The van der Waals surface area contributed by atoms with Crippen molar-refractivity contribution in [3.8, 4) is 0 Å². The van der Waals surface area contributed by atoms with Crippen molar-refractivity contribution in [1.29, 1.82) is 0 Å². The Bertz CT molecular complexity index is 459. The summed E-state index contributed by atoms with van der Waals surface area (Å²) in [7, 11) is 0. The molecule has 0 spiro atoms. The molecular weight excluding hydrogens is 293 g/mol. The van der Waals surface area contributed by atoms with Crippen LogP contribution in [0.15, 0.2) is 18.2 Å². The third-order valence-electron chi connectivity index (χ3n) is 2.42. The Morgan fingerprint density at radius 2 is 1.84 bits per heavy atom. The lowest BCUT2D eigenvalue weighted by Gasteiger charge is -2.09. The predicted octanol–water partition coefficient (Wildman–Crippen LogP) is 1.49. The molecule has 0 fully saturated rings. The van der Waals surface area contributed by atoms with Crippen molar-refractivity contribution < 1.29 is 19.8 Å². The number of carboxylic acid groups (broad SMARTS) is 1. The minimum Gasteiger partial charge on any atom is -0.479 e. The van der Waals surface area contributed by atoms with Crippen LogP contribution in [0, 0.1) is 0 Å². The molecule has 0 aromatic heterocycles. The van der Waals surface area contributed by atoms with Gasteiger partial charge in [-0.15, -0.1) is 0 Å². The van der Waals surface area contributed by atoms with Crippen molar-refractivity contribution in [3.05, 3.63) is 33.8 Å². The molecule has 5 nitrogen and oxygen atoms in total. The zero-order chi connectivity index (χ0) is 14.4. The number of aliphatic hydroxyl groups excluding tert-OH is 1. The van der Waals surface area contributed by atoms with Gasteiger partial charge in [0.05, 0.1) is 6.42 Å². The van der Waals surface area contributed by atoms with Gasteiger partial charge in [0.1, 0.15) is 0 Å². The zero-order valence-corrected chi connectivity index (χ0v) is 11.4. The van der Waals surface area contributed by atoms with Crippen molar-refractivity contribution in [2.75, 3.05) is 6.54 Å². The third-order valence-corrected chi connectivity index (χ3v) is 3.13. The summed E-state index contributed by atoms with van der Waals surface area (Å²) in [6.45, 7) is 0.0639. The van der Waals surface area contributed by atoms with E-state index in [0.29, 0.717) is 15.6 Å². The number of carbonyl (C=O) groups is 2. The fraction of sp³-hybridized carbons (Fsp3) is 0.333. The zero-order valence-electron chi connectivity index (χ0n) is 9.90. The first-order valence-corrected chi connectivity index (χ1v) is 6.28. The number of hydrogen-bond acceptors (Lipinski definition) is 3. The van der Waals surface area contributed by atoms with Crippen LogP contribution in [0.25, 0.3) is 0 Å². The van der Waals surface area contributed by atoms with E-state index in [9.17, 15) is 9.59 Å². The standard InChI is InChI=1S/C12H13Cl2NO4/c13-8-2-1-3-9(14)7(8)6-11(17)15-5-4-10(16)12(18)19/h1-3,10,16H,4-6H2,(H,15,17)(H,18,19). The van der Waals surface area contributed by atoms with Gasteiger partial charge in [0.15, 0.2) is 6.10 Å². The van der Waals surface area contributed by atoms with Crippen molar-refractivity contribution in [2.24, 2.45) is 0 Å². The molecule has 1 aromatic rings. The first-order chi connectivity index (χ1) is 8.91. The summed E-state index contributed by atoms with van der Waals surface area (Å²) >= 11 is 11.8. The second kappa shape index (κ2) is 7.33. The van der Waals surface area contributed by atoms with E-state index in [1.807, 2.05) is 0 Å². The Morgan fingerprint density at radius 3 is 2.37 bits per heavy atom. The molecule has 0 radical (unpaired) electrons. The van der Waals surface area contributed by atoms with E-state index in [1.165, 1.54) is 0 Å². The average Bonchev–Trinajstić information content (AvgIpc) is 2.33. The van der Waals surface area contributed by atoms with Gasteiger partial charge >= 0.3 is 5.97 Å². The van der Waals surface area contributed by atoms with E-state index in [1.54, 1.807) is 18.2 Å². The number of carboxylic acids is 1. The molecule has 0 bridgehead atoms. The van der Waals surface area contributed by atoms with Gasteiger partial charge in [-0.25, -0.2) is 4.79 Å². The molecule has 3 N–H and O–H groups in total. The number of halogens is 2. The van der Waals surface area contributed by atoms with Crippen molar-refractivity contribution in [3.63, 3.8) is 0 Å². The SMILES string of the molecule is O=C(Cc1c(Cl)cccc1Cl)NCCC(O)C(=O)O. The number of rotatable bonds is 6. The summed E-state index contributed by atoms with van der Waals surface area (Å²) in [6, 6.07) is 4.93. The number of hydrogen-bond donors (Lipinski definition) is 3. The maximum atomic E-state index is 11.6. The molecule has 0 saturated heterocycles. The molecule has 0 saturated carbocycles. The molecule has 1 rings (SSSR count). The highest BCUT2D eigenvalue weighted by molar-refractivity contribution is 6.36. The van der Waals surface area contributed by atoms with Gasteiger partial charge in [0, 0.05) is 23.0 Å². The smallest absolute Gasteiger partial charge is 0.332 e. The van der Waals surface area contributed by atoms with E-state index in [-0.39, 0.29) is 25.3 Å². The fourth-order valence-corrected chi connectivity index (χ4v) is 1.93. The van der Waals surface area contributed by atoms with E-state index in [4.69, 9.17) is 33.4 Å². The number of carbonyl (C=O) groups excluding carboxylic acids is 1. The molecule has 19 heavy (non-hydrogen) atoms. The molecule has 1 amide bonds. The lowest BCUT2D eigenvalue weighted by molar-refractivity contribution is -0.147. The maximum Gasteiger partial charge on any atom is 0.332 e. The highest BCUT2D eigenvalue weighted by atomic mass is 35.5. The molecule has 0 aliphatic heterocycles. The van der Waals surface area contributed by atoms with Crippen molar-refractivity contribution in [2.45, 2.75) is 18.9 Å².